The number of rotatable bonds is 6. The van der Waals surface area contributed by atoms with Gasteiger partial charge in [0, 0.05) is 11.0 Å². The molecule has 0 amide bonds. The van der Waals surface area contributed by atoms with Gasteiger partial charge in [-0.1, -0.05) is 34.1 Å². The van der Waals surface area contributed by atoms with E-state index in [9.17, 15) is 8.42 Å². The third-order valence-corrected chi connectivity index (χ3v) is 5.19. The number of hydrogen-bond donors (Lipinski definition) is 1. The summed E-state index contributed by atoms with van der Waals surface area (Å²) in [4.78, 5) is 0.253. The maximum atomic E-state index is 12.1. The van der Waals surface area contributed by atoms with Crippen molar-refractivity contribution in [2.45, 2.75) is 11.8 Å². The van der Waals surface area contributed by atoms with Crippen LogP contribution in [0.1, 0.15) is 5.56 Å². The minimum atomic E-state index is -3.50. The fraction of sp³-hybridized carbons (Fsp3) is 0.200. The van der Waals surface area contributed by atoms with Gasteiger partial charge < -0.3 is 4.74 Å². The van der Waals surface area contributed by atoms with Gasteiger partial charge in [0.15, 0.2) is 0 Å². The van der Waals surface area contributed by atoms with Crippen molar-refractivity contribution in [2.75, 3.05) is 13.2 Å². The van der Waals surface area contributed by atoms with E-state index >= 15 is 0 Å². The average molecular weight is 370 g/mol. The summed E-state index contributed by atoms with van der Waals surface area (Å²) >= 11 is 3.35. The zero-order chi connectivity index (χ0) is 15.3. The molecule has 0 aliphatic rings. The summed E-state index contributed by atoms with van der Waals surface area (Å²) in [6.45, 7) is 2.34. The predicted molar refractivity (Wildman–Crippen MR) is 86.0 cm³/mol. The van der Waals surface area contributed by atoms with E-state index in [0.717, 1.165) is 15.8 Å². The largest absolute Gasteiger partial charge is 0.492 e. The second-order valence-corrected chi connectivity index (χ2v) is 7.09. The fourth-order valence-electron chi connectivity index (χ4n) is 1.73. The topological polar surface area (TPSA) is 55.4 Å². The lowest BCUT2D eigenvalue weighted by Gasteiger charge is -2.09. The molecule has 0 radical (unpaired) electrons. The van der Waals surface area contributed by atoms with E-state index in [2.05, 4.69) is 20.7 Å². The number of ether oxygens (including phenoxy) is 1. The molecule has 1 N–H and O–H groups in total. The van der Waals surface area contributed by atoms with Crippen LogP contribution in [0, 0.1) is 6.92 Å². The lowest BCUT2D eigenvalue weighted by molar-refractivity contribution is 0.323. The Kier molecular flexibility index (Phi) is 5.39. The van der Waals surface area contributed by atoms with Crippen LogP contribution in [-0.4, -0.2) is 21.6 Å². The van der Waals surface area contributed by atoms with Crippen molar-refractivity contribution in [3.05, 3.63) is 58.6 Å². The zero-order valence-electron chi connectivity index (χ0n) is 11.5. The third kappa shape index (κ3) is 4.56. The van der Waals surface area contributed by atoms with Crippen LogP contribution < -0.4 is 9.46 Å². The van der Waals surface area contributed by atoms with Gasteiger partial charge in [0.25, 0.3) is 0 Å². The fourth-order valence-corrected chi connectivity index (χ4v) is 3.07. The van der Waals surface area contributed by atoms with Crippen molar-refractivity contribution in [3.63, 3.8) is 0 Å². The SMILES string of the molecule is Cc1cc(S(=O)(=O)NCCOc2ccccc2)ccc1Br. The Labute approximate surface area is 133 Å². The van der Waals surface area contributed by atoms with Crippen molar-refractivity contribution in [2.24, 2.45) is 0 Å². The van der Waals surface area contributed by atoms with Gasteiger partial charge in [0.2, 0.25) is 10.0 Å². The first-order chi connectivity index (χ1) is 9.99. The van der Waals surface area contributed by atoms with Crippen LogP contribution in [0.15, 0.2) is 57.9 Å². The van der Waals surface area contributed by atoms with E-state index in [4.69, 9.17) is 4.74 Å². The molecular weight excluding hydrogens is 354 g/mol. The Morgan fingerprint density at radius 2 is 1.86 bits per heavy atom. The van der Waals surface area contributed by atoms with Crippen molar-refractivity contribution in [1.82, 2.24) is 4.72 Å². The molecule has 112 valence electrons. The van der Waals surface area contributed by atoms with Crippen molar-refractivity contribution in [3.8, 4) is 5.75 Å². The molecule has 0 atom stereocenters. The summed E-state index contributed by atoms with van der Waals surface area (Å²) in [6.07, 6.45) is 0. The molecule has 0 saturated carbocycles. The van der Waals surface area contributed by atoms with Crippen LogP contribution in [0.5, 0.6) is 5.75 Å². The quantitative estimate of drug-likeness (QED) is 0.795. The lowest BCUT2D eigenvalue weighted by atomic mass is 10.2. The predicted octanol–water partition coefficient (Wildman–Crippen LogP) is 3.11. The van der Waals surface area contributed by atoms with E-state index in [1.54, 1.807) is 18.2 Å². The zero-order valence-corrected chi connectivity index (χ0v) is 13.9. The Hall–Kier alpha value is -1.37. The third-order valence-electron chi connectivity index (χ3n) is 2.85. The van der Waals surface area contributed by atoms with Gasteiger partial charge in [-0.15, -0.1) is 0 Å². The first kappa shape index (κ1) is 16.0. The van der Waals surface area contributed by atoms with Gasteiger partial charge in [-0.05, 0) is 42.8 Å². The first-order valence-corrected chi connectivity index (χ1v) is 8.70. The maximum Gasteiger partial charge on any atom is 0.240 e. The number of aryl methyl sites for hydroxylation is 1. The van der Waals surface area contributed by atoms with E-state index < -0.39 is 10.0 Å². The van der Waals surface area contributed by atoms with Crippen LogP contribution >= 0.6 is 15.9 Å². The summed E-state index contributed by atoms with van der Waals surface area (Å²) in [5, 5.41) is 0. The second-order valence-electron chi connectivity index (χ2n) is 4.47. The molecule has 0 aromatic heterocycles. The molecule has 2 aromatic rings. The minimum Gasteiger partial charge on any atom is -0.492 e. The van der Waals surface area contributed by atoms with E-state index in [1.807, 2.05) is 37.3 Å². The first-order valence-electron chi connectivity index (χ1n) is 6.43. The molecule has 2 rings (SSSR count). The number of benzene rings is 2. The molecule has 4 nitrogen and oxygen atoms in total. The Balaban J connectivity index is 1.91. The molecule has 21 heavy (non-hydrogen) atoms. The smallest absolute Gasteiger partial charge is 0.240 e. The molecule has 0 saturated heterocycles. The van der Waals surface area contributed by atoms with Crippen LogP contribution in [-0.2, 0) is 10.0 Å². The van der Waals surface area contributed by atoms with Crippen LogP contribution in [0.3, 0.4) is 0 Å². The molecule has 0 bridgehead atoms. The molecule has 0 heterocycles. The minimum absolute atomic E-state index is 0.215. The number of sulfonamides is 1. The second kappa shape index (κ2) is 7.06. The van der Waals surface area contributed by atoms with Gasteiger partial charge in [0.1, 0.15) is 12.4 Å². The number of para-hydroxylation sites is 1. The van der Waals surface area contributed by atoms with Crippen molar-refractivity contribution < 1.29 is 13.2 Å². The Morgan fingerprint density at radius 1 is 1.14 bits per heavy atom. The van der Waals surface area contributed by atoms with Crippen molar-refractivity contribution in [1.29, 1.82) is 0 Å². The molecule has 6 heteroatoms. The standard InChI is InChI=1S/C15H16BrNO3S/c1-12-11-14(7-8-15(12)16)21(18,19)17-9-10-20-13-5-3-2-4-6-13/h2-8,11,17H,9-10H2,1H3. The monoisotopic (exact) mass is 369 g/mol. The van der Waals surface area contributed by atoms with Gasteiger partial charge in [-0.25, -0.2) is 13.1 Å². The molecule has 0 aliphatic carbocycles. The van der Waals surface area contributed by atoms with Crippen LogP contribution in [0.2, 0.25) is 0 Å². The highest BCUT2D eigenvalue weighted by molar-refractivity contribution is 9.10. The molecule has 0 spiro atoms. The molecular formula is C15H16BrNO3S. The molecule has 0 fully saturated rings. The van der Waals surface area contributed by atoms with E-state index in [1.165, 1.54) is 0 Å². The normalized spacial score (nSPS) is 11.3. The highest BCUT2D eigenvalue weighted by Gasteiger charge is 2.14. The van der Waals surface area contributed by atoms with E-state index in [-0.39, 0.29) is 18.0 Å². The maximum absolute atomic E-state index is 12.1. The van der Waals surface area contributed by atoms with Gasteiger partial charge in [0.05, 0.1) is 4.90 Å². The molecule has 0 aliphatic heterocycles. The highest BCUT2D eigenvalue weighted by atomic mass is 79.9. The Morgan fingerprint density at radius 3 is 2.52 bits per heavy atom. The van der Waals surface area contributed by atoms with Gasteiger partial charge in [-0.2, -0.15) is 0 Å². The van der Waals surface area contributed by atoms with Crippen LogP contribution in [0.25, 0.3) is 0 Å². The average Bonchev–Trinajstić information content (AvgIpc) is 2.47. The van der Waals surface area contributed by atoms with Crippen molar-refractivity contribution >= 4 is 26.0 Å². The number of nitrogens with one attached hydrogen (secondary N) is 1. The lowest BCUT2D eigenvalue weighted by Crippen LogP contribution is -2.28. The Bertz CT molecular complexity index is 702. The van der Waals surface area contributed by atoms with Gasteiger partial charge in [-0.3, -0.25) is 0 Å². The highest BCUT2D eigenvalue weighted by Crippen LogP contribution is 2.19. The summed E-state index contributed by atoms with van der Waals surface area (Å²) in [5.74, 6) is 0.719. The van der Waals surface area contributed by atoms with Gasteiger partial charge >= 0.3 is 0 Å². The van der Waals surface area contributed by atoms with Crippen LogP contribution in [0.4, 0.5) is 0 Å². The number of halogens is 1. The molecule has 2 aromatic carbocycles. The summed E-state index contributed by atoms with van der Waals surface area (Å²) < 4.78 is 33.1. The summed E-state index contributed by atoms with van der Waals surface area (Å²) in [6, 6.07) is 14.2. The summed E-state index contributed by atoms with van der Waals surface area (Å²) in [7, 11) is -3.50. The summed E-state index contributed by atoms with van der Waals surface area (Å²) in [5.41, 5.74) is 0.874. The van der Waals surface area contributed by atoms with E-state index in [0.29, 0.717) is 0 Å². The number of hydrogen-bond acceptors (Lipinski definition) is 3. The molecule has 0 unspecified atom stereocenters.